The first-order valence-electron chi connectivity index (χ1n) is 8.11. The van der Waals surface area contributed by atoms with Crippen LogP contribution in [0.1, 0.15) is 17.3 Å². The van der Waals surface area contributed by atoms with Gasteiger partial charge in [0.25, 0.3) is 5.91 Å². The third-order valence-corrected chi connectivity index (χ3v) is 4.16. The lowest BCUT2D eigenvalue weighted by molar-refractivity contribution is 0.0956. The summed E-state index contributed by atoms with van der Waals surface area (Å²) in [4.78, 5) is 19.6. The lowest BCUT2D eigenvalue weighted by atomic mass is 10.0. The molecular formula is C19H17N5O. The molecule has 1 amide bonds. The van der Waals surface area contributed by atoms with Crippen LogP contribution in [0.2, 0.25) is 0 Å². The second-order valence-electron chi connectivity index (χ2n) is 5.75. The Morgan fingerprint density at radius 1 is 1.08 bits per heavy atom. The van der Waals surface area contributed by atoms with E-state index in [0.717, 1.165) is 33.3 Å². The van der Waals surface area contributed by atoms with Crippen molar-refractivity contribution in [2.24, 2.45) is 0 Å². The maximum Gasteiger partial charge on any atom is 0.251 e. The van der Waals surface area contributed by atoms with Crippen molar-refractivity contribution >= 4 is 16.9 Å². The number of hydrogen-bond acceptors (Lipinski definition) is 3. The zero-order chi connectivity index (χ0) is 17.2. The quantitative estimate of drug-likeness (QED) is 0.536. The van der Waals surface area contributed by atoms with E-state index in [1.807, 2.05) is 49.8 Å². The van der Waals surface area contributed by atoms with Crippen LogP contribution in [0.25, 0.3) is 33.3 Å². The van der Waals surface area contributed by atoms with Crippen molar-refractivity contribution in [3.63, 3.8) is 0 Å². The molecule has 0 saturated carbocycles. The predicted octanol–water partition coefficient (Wildman–Crippen LogP) is 3.37. The molecule has 3 heterocycles. The Hall–Kier alpha value is -3.41. The number of aromatic amines is 2. The Labute approximate surface area is 144 Å². The first kappa shape index (κ1) is 15.1. The lowest BCUT2D eigenvalue weighted by Gasteiger charge is -2.05. The molecule has 3 N–H and O–H groups in total. The summed E-state index contributed by atoms with van der Waals surface area (Å²) in [5.41, 5.74) is 5.56. The summed E-state index contributed by atoms with van der Waals surface area (Å²) in [6, 6.07) is 9.65. The first-order chi connectivity index (χ1) is 12.3. The fourth-order valence-electron chi connectivity index (χ4n) is 2.87. The number of nitrogens with one attached hydrogen (secondary N) is 3. The van der Waals surface area contributed by atoms with E-state index in [0.29, 0.717) is 12.1 Å². The van der Waals surface area contributed by atoms with E-state index in [4.69, 9.17) is 0 Å². The highest BCUT2D eigenvalue weighted by molar-refractivity contribution is 5.96. The number of carbonyl (C=O) groups is 1. The Morgan fingerprint density at radius 3 is 2.64 bits per heavy atom. The number of nitrogens with zero attached hydrogens (tertiary/aromatic N) is 2. The highest BCUT2D eigenvalue weighted by atomic mass is 16.1. The van der Waals surface area contributed by atoms with Gasteiger partial charge in [0.15, 0.2) is 0 Å². The zero-order valence-corrected chi connectivity index (χ0v) is 13.7. The maximum absolute atomic E-state index is 11.9. The second kappa shape index (κ2) is 6.24. The van der Waals surface area contributed by atoms with Crippen LogP contribution in [0, 0.1) is 0 Å². The molecule has 0 aliphatic carbocycles. The minimum atomic E-state index is -0.0597. The molecule has 4 aromatic rings. The molecule has 0 radical (unpaired) electrons. The van der Waals surface area contributed by atoms with E-state index in [1.54, 1.807) is 6.20 Å². The Kier molecular flexibility index (Phi) is 3.78. The molecule has 0 saturated heterocycles. The molecule has 0 spiro atoms. The molecule has 6 heteroatoms. The molecule has 25 heavy (non-hydrogen) atoms. The van der Waals surface area contributed by atoms with Crippen LogP contribution in [-0.4, -0.2) is 32.6 Å². The summed E-state index contributed by atoms with van der Waals surface area (Å²) in [7, 11) is 0. The van der Waals surface area contributed by atoms with Gasteiger partial charge in [-0.05, 0) is 30.7 Å². The third kappa shape index (κ3) is 2.78. The number of rotatable bonds is 4. The Bertz CT molecular complexity index is 1020. The van der Waals surface area contributed by atoms with E-state index in [2.05, 4.69) is 31.5 Å². The topological polar surface area (TPSA) is 86.5 Å². The molecule has 0 aliphatic heterocycles. The third-order valence-electron chi connectivity index (χ3n) is 4.16. The van der Waals surface area contributed by atoms with Crippen molar-refractivity contribution in [2.75, 3.05) is 6.54 Å². The van der Waals surface area contributed by atoms with Crippen molar-refractivity contribution in [3.8, 4) is 22.3 Å². The molecule has 3 aromatic heterocycles. The van der Waals surface area contributed by atoms with Gasteiger partial charge in [-0.3, -0.25) is 9.89 Å². The molecule has 1 aromatic carbocycles. The van der Waals surface area contributed by atoms with Gasteiger partial charge < -0.3 is 10.3 Å². The maximum atomic E-state index is 11.9. The van der Waals surface area contributed by atoms with Crippen molar-refractivity contribution in [1.29, 1.82) is 0 Å². The Balaban J connectivity index is 1.72. The van der Waals surface area contributed by atoms with E-state index in [1.165, 1.54) is 0 Å². The van der Waals surface area contributed by atoms with Crippen LogP contribution < -0.4 is 5.32 Å². The fraction of sp³-hybridized carbons (Fsp3) is 0.105. The van der Waals surface area contributed by atoms with Crippen LogP contribution in [0.4, 0.5) is 0 Å². The Morgan fingerprint density at radius 2 is 1.92 bits per heavy atom. The van der Waals surface area contributed by atoms with E-state index < -0.39 is 0 Å². The molecule has 124 valence electrons. The smallest absolute Gasteiger partial charge is 0.251 e. The molecular weight excluding hydrogens is 314 g/mol. The SMILES string of the molecule is CCNC(=O)c1ccc(-c2cnc3[nH]cc(-c4cn[nH]c4)c3c2)cc1. The molecule has 0 aliphatic rings. The van der Waals surface area contributed by atoms with Gasteiger partial charge in [0, 0.05) is 52.8 Å². The van der Waals surface area contributed by atoms with E-state index in [9.17, 15) is 4.79 Å². The summed E-state index contributed by atoms with van der Waals surface area (Å²) < 4.78 is 0. The van der Waals surface area contributed by atoms with Crippen molar-refractivity contribution in [2.45, 2.75) is 6.92 Å². The summed E-state index contributed by atoms with van der Waals surface area (Å²) in [6.07, 6.45) is 7.41. The van der Waals surface area contributed by atoms with Gasteiger partial charge in [-0.15, -0.1) is 0 Å². The number of benzene rings is 1. The number of aromatic nitrogens is 4. The number of hydrogen-bond donors (Lipinski definition) is 3. The van der Waals surface area contributed by atoms with Gasteiger partial charge in [0.1, 0.15) is 5.65 Å². The molecule has 0 atom stereocenters. The van der Waals surface area contributed by atoms with Crippen LogP contribution >= 0.6 is 0 Å². The molecule has 0 fully saturated rings. The normalized spacial score (nSPS) is 10.9. The summed E-state index contributed by atoms with van der Waals surface area (Å²) in [5, 5.41) is 10.7. The second-order valence-corrected chi connectivity index (χ2v) is 5.75. The minimum Gasteiger partial charge on any atom is -0.352 e. The van der Waals surface area contributed by atoms with Gasteiger partial charge in [-0.1, -0.05) is 12.1 Å². The number of amides is 1. The number of fused-ring (bicyclic) bond motifs is 1. The summed E-state index contributed by atoms with van der Waals surface area (Å²) >= 11 is 0. The van der Waals surface area contributed by atoms with Crippen molar-refractivity contribution < 1.29 is 4.79 Å². The van der Waals surface area contributed by atoms with Crippen molar-refractivity contribution in [1.82, 2.24) is 25.5 Å². The summed E-state index contributed by atoms with van der Waals surface area (Å²) in [6.45, 7) is 2.52. The van der Waals surface area contributed by atoms with Gasteiger partial charge >= 0.3 is 0 Å². The van der Waals surface area contributed by atoms with Crippen molar-refractivity contribution in [3.05, 3.63) is 60.7 Å². The van der Waals surface area contributed by atoms with Crippen LogP contribution in [0.15, 0.2) is 55.1 Å². The van der Waals surface area contributed by atoms with Crippen LogP contribution in [0.5, 0.6) is 0 Å². The van der Waals surface area contributed by atoms with E-state index in [-0.39, 0.29) is 5.91 Å². The molecule has 6 nitrogen and oxygen atoms in total. The standard InChI is InChI=1S/C19H17N5O/c1-2-20-19(25)13-5-3-12(4-6-13)14-7-16-17(15-9-23-24-10-15)11-22-18(16)21-8-14/h3-11H,2H2,1H3,(H,20,25)(H,21,22)(H,23,24). The largest absolute Gasteiger partial charge is 0.352 e. The van der Waals surface area contributed by atoms with E-state index >= 15 is 0 Å². The van der Waals surface area contributed by atoms with Crippen LogP contribution in [-0.2, 0) is 0 Å². The summed E-state index contributed by atoms with van der Waals surface area (Å²) in [5.74, 6) is -0.0597. The fourth-order valence-corrected chi connectivity index (χ4v) is 2.87. The number of carbonyl (C=O) groups excluding carboxylic acids is 1. The van der Waals surface area contributed by atoms with Gasteiger partial charge in [0.2, 0.25) is 0 Å². The van der Waals surface area contributed by atoms with Gasteiger partial charge in [-0.25, -0.2) is 4.98 Å². The average Bonchev–Trinajstić information content (AvgIpc) is 3.30. The number of pyridine rings is 1. The monoisotopic (exact) mass is 331 g/mol. The van der Waals surface area contributed by atoms with Gasteiger partial charge in [-0.2, -0.15) is 5.10 Å². The lowest BCUT2D eigenvalue weighted by Crippen LogP contribution is -2.22. The highest BCUT2D eigenvalue weighted by Gasteiger charge is 2.10. The molecule has 0 unspecified atom stereocenters. The average molecular weight is 331 g/mol. The van der Waals surface area contributed by atoms with Crippen LogP contribution in [0.3, 0.4) is 0 Å². The zero-order valence-electron chi connectivity index (χ0n) is 13.7. The predicted molar refractivity (Wildman–Crippen MR) is 97.1 cm³/mol. The number of H-pyrrole nitrogens is 2. The van der Waals surface area contributed by atoms with Gasteiger partial charge in [0.05, 0.1) is 6.20 Å². The molecule has 0 bridgehead atoms. The minimum absolute atomic E-state index is 0.0597. The highest BCUT2D eigenvalue weighted by Crippen LogP contribution is 2.30. The molecule has 4 rings (SSSR count). The first-order valence-corrected chi connectivity index (χ1v) is 8.11.